The highest BCUT2D eigenvalue weighted by molar-refractivity contribution is 5.78. The van der Waals surface area contributed by atoms with Gasteiger partial charge in [0, 0.05) is 12.6 Å². The number of nitrogens with one attached hydrogen (secondary N) is 1. The summed E-state index contributed by atoms with van der Waals surface area (Å²) in [6.07, 6.45) is 1.07. The maximum atomic E-state index is 11.3. The first kappa shape index (κ1) is 11.5. The molecule has 2 unspecified atom stereocenters. The van der Waals surface area contributed by atoms with Crippen LogP contribution in [0.5, 0.6) is 0 Å². The molecule has 1 heterocycles. The van der Waals surface area contributed by atoms with Crippen LogP contribution < -0.4 is 5.32 Å². The lowest BCUT2D eigenvalue weighted by atomic mass is 10.0. The van der Waals surface area contributed by atoms with Gasteiger partial charge >= 0.3 is 0 Å². The van der Waals surface area contributed by atoms with Crippen LogP contribution in [0.2, 0.25) is 0 Å². The summed E-state index contributed by atoms with van der Waals surface area (Å²) in [6.45, 7) is 6.20. The van der Waals surface area contributed by atoms with Crippen LogP contribution in [0.4, 0.5) is 0 Å². The van der Waals surface area contributed by atoms with E-state index < -0.39 is 0 Å². The molecule has 0 spiro atoms. The van der Waals surface area contributed by atoms with Crippen LogP contribution >= 0.6 is 0 Å². The van der Waals surface area contributed by atoms with E-state index in [0.29, 0.717) is 19.0 Å². The van der Waals surface area contributed by atoms with Crippen LogP contribution in [0.25, 0.3) is 0 Å². The molecule has 2 atom stereocenters. The molecule has 0 aromatic carbocycles. The number of rotatable bonds is 4. The fourth-order valence-electron chi connectivity index (χ4n) is 2.02. The quantitative estimate of drug-likeness (QED) is 0.662. The van der Waals surface area contributed by atoms with Crippen molar-refractivity contribution < 1.29 is 9.90 Å². The molecule has 0 aliphatic carbocycles. The SMILES string of the molecule is CCNC(=O)CN1CCC(C)C1CO. The Kier molecular flexibility index (Phi) is 4.35. The first-order valence-corrected chi connectivity index (χ1v) is 5.30. The molecule has 2 N–H and O–H groups in total. The Hall–Kier alpha value is -0.610. The second-order valence-electron chi connectivity index (χ2n) is 3.94. The summed E-state index contributed by atoms with van der Waals surface area (Å²) in [5.74, 6) is 0.550. The number of aliphatic hydroxyl groups excluding tert-OH is 1. The summed E-state index contributed by atoms with van der Waals surface area (Å²) >= 11 is 0. The van der Waals surface area contributed by atoms with Crippen molar-refractivity contribution in [2.75, 3.05) is 26.2 Å². The number of nitrogens with zero attached hydrogens (tertiary/aromatic N) is 1. The van der Waals surface area contributed by atoms with Gasteiger partial charge in [0.1, 0.15) is 0 Å². The molecule has 82 valence electrons. The van der Waals surface area contributed by atoms with Crippen LogP contribution in [0.15, 0.2) is 0 Å². The molecule has 1 amide bonds. The van der Waals surface area contributed by atoms with Gasteiger partial charge < -0.3 is 10.4 Å². The lowest BCUT2D eigenvalue weighted by Gasteiger charge is -2.24. The van der Waals surface area contributed by atoms with Gasteiger partial charge in [-0.1, -0.05) is 6.92 Å². The summed E-state index contributed by atoms with van der Waals surface area (Å²) in [7, 11) is 0. The van der Waals surface area contributed by atoms with Crippen molar-refractivity contribution in [3.05, 3.63) is 0 Å². The fourth-order valence-corrected chi connectivity index (χ4v) is 2.02. The number of likely N-dealkylation sites (tertiary alicyclic amines) is 1. The molecular formula is C10H20N2O2. The van der Waals surface area contributed by atoms with Crippen LogP contribution in [0, 0.1) is 5.92 Å². The number of amides is 1. The van der Waals surface area contributed by atoms with Crippen molar-refractivity contribution in [3.8, 4) is 0 Å². The van der Waals surface area contributed by atoms with E-state index in [1.165, 1.54) is 0 Å². The fraction of sp³-hybridized carbons (Fsp3) is 0.900. The second kappa shape index (κ2) is 5.32. The van der Waals surface area contributed by atoms with Crippen LogP contribution in [-0.2, 0) is 4.79 Å². The number of aliphatic hydroxyl groups is 1. The van der Waals surface area contributed by atoms with Crippen molar-refractivity contribution in [2.45, 2.75) is 26.3 Å². The molecule has 1 fully saturated rings. The Labute approximate surface area is 85.3 Å². The predicted molar refractivity (Wildman–Crippen MR) is 54.9 cm³/mol. The first-order valence-electron chi connectivity index (χ1n) is 5.30. The van der Waals surface area contributed by atoms with Crippen molar-refractivity contribution >= 4 is 5.91 Å². The Balaban J connectivity index is 2.40. The Morgan fingerprint density at radius 2 is 2.36 bits per heavy atom. The number of carbonyl (C=O) groups excluding carboxylic acids is 1. The van der Waals surface area contributed by atoms with Gasteiger partial charge in [-0.25, -0.2) is 0 Å². The summed E-state index contributed by atoms with van der Waals surface area (Å²) in [5, 5.41) is 11.9. The summed E-state index contributed by atoms with van der Waals surface area (Å²) in [5.41, 5.74) is 0. The van der Waals surface area contributed by atoms with Crippen molar-refractivity contribution in [1.82, 2.24) is 10.2 Å². The average Bonchev–Trinajstić information content (AvgIpc) is 2.47. The van der Waals surface area contributed by atoms with Gasteiger partial charge in [0.25, 0.3) is 0 Å². The van der Waals surface area contributed by atoms with E-state index in [1.54, 1.807) is 0 Å². The number of carbonyl (C=O) groups is 1. The van der Waals surface area contributed by atoms with Gasteiger partial charge in [0.05, 0.1) is 13.2 Å². The predicted octanol–water partition coefficient (Wildman–Crippen LogP) is -0.175. The third kappa shape index (κ3) is 2.69. The molecule has 0 aromatic rings. The van der Waals surface area contributed by atoms with Gasteiger partial charge in [-0.15, -0.1) is 0 Å². The molecular weight excluding hydrogens is 180 g/mol. The van der Waals surface area contributed by atoms with Crippen molar-refractivity contribution in [2.24, 2.45) is 5.92 Å². The van der Waals surface area contributed by atoms with E-state index in [2.05, 4.69) is 17.1 Å². The molecule has 4 nitrogen and oxygen atoms in total. The van der Waals surface area contributed by atoms with Crippen LogP contribution in [0.3, 0.4) is 0 Å². The van der Waals surface area contributed by atoms with Crippen LogP contribution in [-0.4, -0.2) is 48.2 Å². The largest absolute Gasteiger partial charge is 0.395 e. The minimum absolute atomic E-state index is 0.0556. The zero-order valence-electron chi connectivity index (χ0n) is 8.99. The first-order chi connectivity index (χ1) is 6.69. The highest BCUT2D eigenvalue weighted by Gasteiger charge is 2.31. The Morgan fingerprint density at radius 3 is 2.93 bits per heavy atom. The molecule has 1 rings (SSSR count). The maximum absolute atomic E-state index is 11.3. The standard InChI is InChI=1S/C10H20N2O2/c1-3-11-10(14)6-12-5-4-8(2)9(12)7-13/h8-9,13H,3-7H2,1-2H3,(H,11,14). The average molecular weight is 200 g/mol. The van der Waals surface area contributed by atoms with E-state index in [9.17, 15) is 9.90 Å². The zero-order valence-corrected chi connectivity index (χ0v) is 8.99. The smallest absolute Gasteiger partial charge is 0.234 e. The van der Waals surface area contributed by atoms with E-state index >= 15 is 0 Å². The molecule has 0 aromatic heterocycles. The molecule has 4 heteroatoms. The highest BCUT2D eigenvalue weighted by atomic mass is 16.3. The number of hydrogen-bond acceptors (Lipinski definition) is 3. The van der Waals surface area contributed by atoms with Gasteiger partial charge in [0.15, 0.2) is 0 Å². The highest BCUT2D eigenvalue weighted by Crippen LogP contribution is 2.22. The molecule has 1 saturated heterocycles. The summed E-state index contributed by atoms with van der Waals surface area (Å²) in [4.78, 5) is 13.4. The molecule has 1 aliphatic heterocycles. The number of hydrogen-bond donors (Lipinski definition) is 2. The maximum Gasteiger partial charge on any atom is 0.234 e. The molecule has 0 bridgehead atoms. The third-order valence-electron chi connectivity index (χ3n) is 2.91. The molecule has 14 heavy (non-hydrogen) atoms. The summed E-state index contributed by atoms with van der Waals surface area (Å²) in [6, 6.07) is 0.164. The van der Waals surface area contributed by atoms with Crippen LogP contribution in [0.1, 0.15) is 20.3 Å². The monoisotopic (exact) mass is 200 g/mol. The second-order valence-corrected chi connectivity index (χ2v) is 3.94. The van der Waals surface area contributed by atoms with E-state index in [-0.39, 0.29) is 18.6 Å². The van der Waals surface area contributed by atoms with Crippen molar-refractivity contribution in [3.63, 3.8) is 0 Å². The topological polar surface area (TPSA) is 52.6 Å². The Morgan fingerprint density at radius 1 is 1.64 bits per heavy atom. The number of likely N-dealkylation sites (N-methyl/N-ethyl adjacent to an activating group) is 1. The molecule has 0 radical (unpaired) electrons. The molecule has 0 saturated carbocycles. The normalized spacial score (nSPS) is 27.9. The lowest BCUT2D eigenvalue weighted by molar-refractivity contribution is -0.122. The van der Waals surface area contributed by atoms with Crippen molar-refractivity contribution in [1.29, 1.82) is 0 Å². The van der Waals surface area contributed by atoms with Gasteiger partial charge in [-0.3, -0.25) is 9.69 Å². The molecule has 1 aliphatic rings. The van der Waals surface area contributed by atoms with Gasteiger partial charge in [0.2, 0.25) is 5.91 Å². The van der Waals surface area contributed by atoms with E-state index in [0.717, 1.165) is 13.0 Å². The minimum atomic E-state index is 0.0556. The van der Waals surface area contributed by atoms with E-state index in [1.807, 2.05) is 6.92 Å². The van der Waals surface area contributed by atoms with Gasteiger partial charge in [-0.2, -0.15) is 0 Å². The van der Waals surface area contributed by atoms with Gasteiger partial charge in [-0.05, 0) is 25.8 Å². The Bertz CT molecular complexity index is 197. The third-order valence-corrected chi connectivity index (χ3v) is 2.91. The van der Waals surface area contributed by atoms with E-state index in [4.69, 9.17) is 0 Å². The summed E-state index contributed by atoms with van der Waals surface area (Å²) < 4.78 is 0. The zero-order chi connectivity index (χ0) is 10.6. The lowest BCUT2D eigenvalue weighted by Crippen LogP contribution is -2.42. The minimum Gasteiger partial charge on any atom is -0.395 e.